The smallest absolute Gasteiger partial charge is 0.244 e. The first-order valence-electron chi connectivity index (χ1n) is 8.51. The van der Waals surface area contributed by atoms with Crippen molar-refractivity contribution < 1.29 is 14.3 Å². The molecule has 26 heavy (non-hydrogen) atoms. The van der Waals surface area contributed by atoms with Crippen LogP contribution in [0.2, 0.25) is 0 Å². The van der Waals surface area contributed by atoms with Crippen molar-refractivity contribution >= 4 is 23.6 Å². The first-order valence-corrected chi connectivity index (χ1v) is 8.51. The van der Waals surface area contributed by atoms with Crippen LogP contribution in [0.3, 0.4) is 0 Å². The molecule has 6 nitrogen and oxygen atoms in total. The fourth-order valence-electron chi connectivity index (χ4n) is 2.74. The van der Waals surface area contributed by atoms with Gasteiger partial charge in [0.1, 0.15) is 0 Å². The Bertz CT molecular complexity index is 798. The lowest BCUT2D eigenvalue weighted by molar-refractivity contribution is -0.117. The molecule has 1 saturated heterocycles. The number of carbonyl (C=O) groups is 2. The number of hydrogen-bond donors (Lipinski definition) is 1. The summed E-state index contributed by atoms with van der Waals surface area (Å²) in [5.74, 6) is 0.527. The zero-order chi connectivity index (χ0) is 18.4. The summed E-state index contributed by atoms with van der Waals surface area (Å²) in [4.78, 5) is 29.6. The highest BCUT2D eigenvalue weighted by Crippen LogP contribution is 2.21. The summed E-state index contributed by atoms with van der Waals surface area (Å²) in [7, 11) is 1.56. The highest BCUT2D eigenvalue weighted by molar-refractivity contribution is 5.95. The van der Waals surface area contributed by atoms with Crippen LogP contribution in [-0.2, 0) is 16.1 Å². The highest BCUT2D eigenvalue weighted by Gasteiger charge is 2.21. The molecule has 0 atom stereocenters. The summed E-state index contributed by atoms with van der Waals surface area (Å²) in [5, 5.41) is 2.81. The van der Waals surface area contributed by atoms with Crippen molar-refractivity contribution in [3.05, 3.63) is 59.8 Å². The number of hydrogen-bond acceptors (Lipinski definition) is 4. The molecule has 2 aromatic rings. The van der Waals surface area contributed by atoms with Gasteiger partial charge in [-0.2, -0.15) is 0 Å². The number of nitrogens with one attached hydrogen (secondary N) is 1. The number of aromatic nitrogens is 1. The Labute approximate surface area is 152 Å². The van der Waals surface area contributed by atoms with Crippen LogP contribution in [0.15, 0.2) is 48.7 Å². The summed E-state index contributed by atoms with van der Waals surface area (Å²) in [5.41, 5.74) is 2.70. The second-order valence-corrected chi connectivity index (χ2v) is 6.00. The van der Waals surface area contributed by atoms with Gasteiger partial charge in [0.2, 0.25) is 17.7 Å². The van der Waals surface area contributed by atoms with Crippen molar-refractivity contribution in [2.45, 2.75) is 19.4 Å². The van der Waals surface area contributed by atoms with Crippen molar-refractivity contribution in [3.63, 3.8) is 0 Å². The predicted octanol–water partition coefficient (Wildman–Crippen LogP) is 2.55. The van der Waals surface area contributed by atoms with Crippen LogP contribution in [0.1, 0.15) is 24.0 Å². The Morgan fingerprint density at radius 1 is 1.27 bits per heavy atom. The molecule has 0 spiro atoms. The monoisotopic (exact) mass is 351 g/mol. The number of ether oxygens (including phenoxy) is 1. The predicted molar refractivity (Wildman–Crippen MR) is 99.7 cm³/mol. The maximum Gasteiger partial charge on any atom is 0.244 e. The van der Waals surface area contributed by atoms with Crippen LogP contribution in [0.5, 0.6) is 5.88 Å². The molecule has 1 fully saturated rings. The third kappa shape index (κ3) is 4.47. The molecule has 2 amide bonds. The standard InChI is InChI=1S/C20H21N3O3/c1-26-19-11-7-16(14-22-19)13-21-18(24)10-6-15-4-8-17(9-5-15)23-12-2-3-20(23)25/h4-11,14H,2-3,12-13H2,1H3,(H,21,24)/b10-6+. The number of rotatable bonds is 6. The minimum Gasteiger partial charge on any atom is -0.481 e. The fraction of sp³-hybridized carbons (Fsp3) is 0.250. The van der Waals surface area contributed by atoms with E-state index in [0.717, 1.165) is 29.8 Å². The summed E-state index contributed by atoms with van der Waals surface area (Å²) in [6.45, 7) is 1.17. The van der Waals surface area contributed by atoms with E-state index in [1.54, 1.807) is 30.3 Å². The zero-order valence-electron chi connectivity index (χ0n) is 14.6. The topological polar surface area (TPSA) is 71.5 Å². The molecule has 1 N–H and O–H groups in total. The van der Waals surface area contributed by atoms with Crippen molar-refractivity contribution in [2.75, 3.05) is 18.6 Å². The minimum atomic E-state index is -0.181. The molecule has 1 aromatic carbocycles. The number of amides is 2. The van der Waals surface area contributed by atoms with E-state index in [9.17, 15) is 9.59 Å². The van der Waals surface area contributed by atoms with Crippen molar-refractivity contribution in [1.29, 1.82) is 0 Å². The molecule has 3 rings (SSSR count). The molecule has 1 aliphatic heterocycles. The number of nitrogens with zero attached hydrogens (tertiary/aromatic N) is 2. The molecule has 0 aliphatic carbocycles. The van der Waals surface area contributed by atoms with Gasteiger partial charge in [-0.3, -0.25) is 9.59 Å². The number of carbonyl (C=O) groups excluding carboxylic acids is 2. The summed E-state index contributed by atoms with van der Waals surface area (Å²) in [6, 6.07) is 11.2. The lowest BCUT2D eigenvalue weighted by Gasteiger charge is -2.15. The van der Waals surface area contributed by atoms with E-state index in [1.165, 1.54) is 6.08 Å². The Kier molecular flexibility index (Phi) is 5.63. The number of benzene rings is 1. The van der Waals surface area contributed by atoms with Gasteiger partial charge in [0.25, 0.3) is 0 Å². The summed E-state index contributed by atoms with van der Waals surface area (Å²) >= 11 is 0. The lowest BCUT2D eigenvalue weighted by atomic mass is 10.2. The summed E-state index contributed by atoms with van der Waals surface area (Å²) in [6.07, 6.45) is 6.43. The highest BCUT2D eigenvalue weighted by atomic mass is 16.5. The summed E-state index contributed by atoms with van der Waals surface area (Å²) < 4.78 is 5.00. The largest absolute Gasteiger partial charge is 0.481 e. The SMILES string of the molecule is COc1ccc(CNC(=O)/C=C/c2ccc(N3CCCC3=O)cc2)cn1. The van der Waals surface area contributed by atoms with E-state index in [-0.39, 0.29) is 11.8 Å². The molecule has 2 heterocycles. The van der Waals surface area contributed by atoms with E-state index < -0.39 is 0 Å². The van der Waals surface area contributed by atoms with Crippen molar-refractivity contribution in [2.24, 2.45) is 0 Å². The zero-order valence-corrected chi connectivity index (χ0v) is 14.6. The molecule has 0 radical (unpaired) electrons. The van der Waals surface area contributed by atoms with E-state index >= 15 is 0 Å². The average Bonchev–Trinajstić information content (AvgIpc) is 3.11. The third-order valence-corrected chi connectivity index (χ3v) is 4.18. The van der Waals surface area contributed by atoms with Gasteiger partial charge in [-0.25, -0.2) is 4.98 Å². The van der Waals surface area contributed by atoms with Crippen LogP contribution >= 0.6 is 0 Å². The van der Waals surface area contributed by atoms with Gasteiger partial charge < -0.3 is 15.0 Å². The number of anilines is 1. The molecule has 6 heteroatoms. The van der Waals surface area contributed by atoms with Gasteiger partial charge in [-0.15, -0.1) is 0 Å². The maximum absolute atomic E-state index is 11.9. The first-order chi connectivity index (χ1) is 12.7. The maximum atomic E-state index is 11.9. The molecule has 0 unspecified atom stereocenters. The van der Waals surface area contributed by atoms with E-state index in [1.807, 2.05) is 30.3 Å². The van der Waals surface area contributed by atoms with Crippen LogP contribution < -0.4 is 15.0 Å². The quantitative estimate of drug-likeness (QED) is 0.812. The van der Waals surface area contributed by atoms with Crippen molar-refractivity contribution in [1.82, 2.24) is 10.3 Å². The Hall–Kier alpha value is -3.15. The first kappa shape index (κ1) is 17.7. The van der Waals surface area contributed by atoms with E-state index in [2.05, 4.69) is 10.3 Å². The van der Waals surface area contributed by atoms with Crippen LogP contribution in [0.25, 0.3) is 6.08 Å². The van der Waals surface area contributed by atoms with Gasteiger partial charge in [0, 0.05) is 43.5 Å². The molecule has 0 saturated carbocycles. The molecular weight excluding hydrogens is 330 g/mol. The molecule has 134 valence electrons. The lowest BCUT2D eigenvalue weighted by Crippen LogP contribution is -2.23. The molecular formula is C20H21N3O3. The van der Waals surface area contributed by atoms with Gasteiger partial charge in [0.05, 0.1) is 7.11 Å². The Morgan fingerprint density at radius 3 is 2.69 bits per heavy atom. The normalized spacial score (nSPS) is 14.0. The second-order valence-electron chi connectivity index (χ2n) is 6.00. The number of methoxy groups -OCH3 is 1. The molecule has 0 bridgehead atoms. The van der Waals surface area contributed by atoms with Gasteiger partial charge in [-0.05, 0) is 35.8 Å². The molecule has 1 aliphatic rings. The van der Waals surface area contributed by atoms with E-state index in [0.29, 0.717) is 18.8 Å². The fourth-order valence-corrected chi connectivity index (χ4v) is 2.74. The third-order valence-electron chi connectivity index (χ3n) is 4.18. The van der Waals surface area contributed by atoms with E-state index in [4.69, 9.17) is 4.74 Å². The number of pyridine rings is 1. The average molecular weight is 351 g/mol. The second kappa shape index (κ2) is 8.29. The van der Waals surface area contributed by atoms with Crippen LogP contribution in [0.4, 0.5) is 5.69 Å². The van der Waals surface area contributed by atoms with Crippen LogP contribution in [0, 0.1) is 0 Å². The van der Waals surface area contributed by atoms with Crippen molar-refractivity contribution in [3.8, 4) is 5.88 Å². The Morgan fingerprint density at radius 2 is 2.08 bits per heavy atom. The Balaban J connectivity index is 1.51. The minimum absolute atomic E-state index is 0.167. The molecule has 1 aromatic heterocycles. The van der Waals surface area contributed by atoms with Gasteiger partial charge in [-0.1, -0.05) is 18.2 Å². The van der Waals surface area contributed by atoms with Crippen LogP contribution in [-0.4, -0.2) is 30.5 Å². The van der Waals surface area contributed by atoms with Gasteiger partial charge >= 0.3 is 0 Å². The van der Waals surface area contributed by atoms with Gasteiger partial charge in [0.15, 0.2) is 0 Å².